The summed E-state index contributed by atoms with van der Waals surface area (Å²) in [5, 5.41) is 22.5. The molecule has 0 atom stereocenters. The van der Waals surface area contributed by atoms with Crippen molar-refractivity contribution >= 4 is 51.3 Å². The number of nitriles is 1. The van der Waals surface area contributed by atoms with Gasteiger partial charge in [-0.2, -0.15) is 10.4 Å². The summed E-state index contributed by atoms with van der Waals surface area (Å²) in [7, 11) is -10.3. The van der Waals surface area contributed by atoms with Crippen molar-refractivity contribution in [3.05, 3.63) is 68.8 Å². The van der Waals surface area contributed by atoms with Crippen molar-refractivity contribution < 1.29 is 47.6 Å². The van der Waals surface area contributed by atoms with Crippen molar-refractivity contribution in [2.75, 3.05) is 5.32 Å². The highest BCUT2D eigenvalue weighted by molar-refractivity contribution is 8.45. The van der Waals surface area contributed by atoms with Gasteiger partial charge in [-0.25, -0.2) is 18.3 Å². The first-order chi connectivity index (χ1) is 18.3. The number of hydrogen-bond acceptors (Lipinski definition) is 5. The number of rotatable bonds is 7. The second-order valence-corrected chi connectivity index (χ2v) is 11.7. The second kappa shape index (κ2) is 8.91. The lowest BCUT2D eigenvalue weighted by molar-refractivity contribution is -0.140. The molecule has 1 saturated carbocycles. The minimum atomic E-state index is -10.3. The first kappa shape index (κ1) is 29.3. The van der Waals surface area contributed by atoms with Crippen LogP contribution in [-0.2, 0) is 21.6 Å². The zero-order chi connectivity index (χ0) is 29.9. The zero-order valence-corrected chi connectivity index (χ0v) is 21.7. The number of anilines is 1. The molecule has 1 aromatic heterocycles. The smallest absolute Gasteiger partial charge is 0.413 e. The van der Waals surface area contributed by atoms with E-state index in [0.717, 1.165) is 18.2 Å². The fourth-order valence-electron chi connectivity index (χ4n) is 3.86. The largest absolute Gasteiger partial charge is 0.481 e. The van der Waals surface area contributed by atoms with Crippen LogP contribution < -0.4 is 5.32 Å². The zero-order valence-electron chi connectivity index (χ0n) is 19.3. The van der Waals surface area contributed by atoms with E-state index >= 15 is 0 Å². The Morgan fingerprint density at radius 1 is 1.10 bits per heavy atom. The number of carbonyl (C=O) groups excluding carboxylic acids is 1. The number of hydrogen-bond donors (Lipinski definition) is 2. The van der Waals surface area contributed by atoms with Crippen LogP contribution in [0.15, 0.2) is 35.2 Å². The van der Waals surface area contributed by atoms with Gasteiger partial charge in [0.05, 0.1) is 32.3 Å². The molecule has 8 nitrogen and oxygen atoms in total. The molecule has 2 aromatic carbocycles. The number of ether oxygens (including phenoxy) is 1. The Morgan fingerprint density at radius 2 is 1.70 bits per heavy atom. The van der Waals surface area contributed by atoms with Gasteiger partial charge in [0.15, 0.2) is 5.69 Å². The molecule has 1 aliphatic rings. The van der Waals surface area contributed by atoms with E-state index < -0.39 is 89.2 Å². The van der Waals surface area contributed by atoms with Crippen molar-refractivity contribution in [2.45, 2.75) is 29.8 Å². The van der Waals surface area contributed by atoms with Crippen molar-refractivity contribution in [2.24, 2.45) is 0 Å². The average Bonchev–Trinajstić information content (AvgIpc) is 3.55. The normalized spacial score (nSPS) is 15.9. The summed E-state index contributed by atoms with van der Waals surface area (Å²) in [6.07, 6.45) is -1.56. The van der Waals surface area contributed by atoms with Gasteiger partial charge >= 0.3 is 22.3 Å². The summed E-state index contributed by atoms with van der Waals surface area (Å²) >= 11 is 11.5. The Labute approximate surface area is 229 Å². The third-order valence-electron chi connectivity index (χ3n) is 5.93. The van der Waals surface area contributed by atoms with Gasteiger partial charge in [0, 0.05) is 0 Å². The number of aliphatic carboxylic acids is 1. The number of carboxylic acids is 1. The molecule has 0 bridgehead atoms. The number of amides is 1. The van der Waals surface area contributed by atoms with Gasteiger partial charge in [0.25, 0.3) is 0 Å². The van der Waals surface area contributed by atoms with E-state index in [9.17, 15) is 48.2 Å². The van der Waals surface area contributed by atoms with E-state index in [2.05, 4.69) is 10.4 Å². The molecule has 40 heavy (non-hydrogen) atoms. The first-order valence-corrected chi connectivity index (χ1v) is 13.4. The third-order valence-corrected chi connectivity index (χ3v) is 8.08. The van der Waals surface area contributed by atoms with Crippen molar-refractivity contribution in [1.29, 1.82) is 5.26 Å². The van der Waals surface area contributed by atoms with Crippen LogP contribution in [0.25, 0.3) is 5.69 Å². The summed E-state index contributed by atoms with van der Waals surface area (Å²) < 4.78 is 100. The van der Waals surface area contributed by atoms with Crippen LogP contribution in [0.4, 0.5) is 38.8 Å². The molecule has 4 rings (SSSR count). The van der Waals surface area contributed by atoms with Gasteiger partial charge in [-0.1, -0.05) is 48.7 Å². The van der Waals surface area contributed by atoms with Crippen LogP contribution in [0.2, 0.25) is 10.0 Å². The highest BCUT2D eigenvalue weighted by Gasteiger charge is 2.67. The van der Waals surface area contributed by atoms with Crippen LogP contribution in [0, 0.1) is 23.0 Å². The number of carboxylic acid groups (broad SMARTS) is 1. The highest BCUT2D eigenvalue weighted by atomic mass is 35.5. The van der Waals surface area contributed by atoms with Crippen molar-refractivity contribution in [3.8, 4) is 11.8 Å². The molecule has 0 radical (unpaired) electrons. The number of nitrogens with one attached hydrogen (secondary N) is 1. The van der Waals surface area contributed by atoms with E-state index in [1.807, 2.05) is 0 Å². The Hall–Kier alpha value is -3.68. The van der Waals surface area contributed by atoms with Gasteiger partial charge < -0.3 is 9.84 Å². The fourth-order valence-corrected chi connectivity index (χ4v) is 5.52. The molecule has 0 unspecified atom stereocenters. The van der Waals surface area contributed by atoms with Crippen LogP contribution >= 0.6 is 33.4 Å². The molecule has 3 aromatic rings. The number of halogens is 9. The van der Waals surface area contributed by atoms with Gasteiger partial charge in [0.2, 0.25) is 0 Å². The lowest BCUT2D eigenvalue weighted by Gasteiger charge is -2.41. The maximum atomic E-state index is 13.9. The summed E-state index contributed by atoms with van der Waals surface area (Å²) in [6, 6.07) is 4.76. The van der Waals surface area contributed by atoms with E-state index in [0.29, 0.717) is 10.7 Å². The molecular formula is C22H13Cl2F7N4O4S. The number of nitrogens with zero attached hydrogens (tertiary/aromatic N) is 3. The topological polar surface area (TPSA) is 117 Å². The summed E-state index contributed by atoms with van der Waals surface area (Å²) in [4.78, 5) is 22.2. The van der Waals surface area contributed by atoms with Crippen LogP contribution in [-0.4, -0.2) is 26.9 Å². The lowest BCUT2D eigenvalue weighted by Crippen LogP contribution is -2.24. The minimum Gasteiger partial charge on any atom is -0.481 e. The molecule has 18 heteroatoms. The molecule has 0 saturated heterocycles. The molecular weight excluding hydrogens is 620 g/mol. The van der Waals surface area contributed by atoms with E-state index in [4.69, 9.17) is 27.9 Å². The van der Waals surface area contributed by atoms with Gasteiger partial charge in [-0.3, -0.25) is 10.1 Å². The Bertz CT molecular complexity index is 1620. The quantitative estimate of drug-likeness (QED) is 0.256. The molecule has 1 heterocycles. The summed E-state index contributed by atoms with van der Waals surface area (Å²) in [5.74, 6) is -4.21. The minimum absolute atomic E-state index is 0.0511. The van der Waals surface area contributed by atoms with Gasteiger partial charge in [-0.05, 0) is 37.1 Å². The maximum absolute atomic E-state index is 13.9. The molecule has 214 valence electrons. The lowest BCUT2D eigenvalue weighted by atomic mass is 9.95. The van der Waals surface area contributed by atoms with E-state index in [-0.39, 0.29) is 18.9 Å². The van der Waals surface area contributed by atoms with E-state index in [1.54, 1.807) is 6.07 Å². The first-order valence-electron chi connectivity index (χ1n) is 10.7. The second-order valence-electron chi connectivity index (χ2n) is 8.56. The Balaban J connectivity index is 1.84. The molecule has 0 spiro atoms. The fraction of sp³-hybridized carbons (Fsp3) is 0.182. The third kappa shape index (κ3) is 5.23. The Morgan fingerprint density at radius 3 is 2.20 bits per heavy atom. The molecule has 1 amide bonds. The summed E-state index contributed by atoms with van der Waals surface area (Å²) in [5.41, 5.74) is -4.09. The maximum Gasteiger partial charge on any atom is 0.413 e. The summed E-state index contributed by atoms with van der Waals surface area (Å²) in [6.45, 7) is -0.950. The predicted molar refractivity (Wildman–Crippen MR) is 128 cm³/mol. The average molecular weight is 633 g/mol. The van der Waals surface area contributed by atoms with Crippen molar-refractivity contribution in [1.82, 2.24) is 9.78 Å². The van der Waals surface area contributed by atoms with Gasteiger partial charge in [-0.15, -0.1) is 0 Å². The molecule has 1 fully saturated rings. The van der Waals surface area contributed by atoms with Gasteiger partial charge in [0.1, 0.15) is 35.0 Å². The van der Waals surface area contributed by atoms with E-state index in [1.165, 1.54) is 0 Å². The van der Waals surface area contributed by atoms with Crippen LogP contribution in [0.1, 0.15) is 29.7 Å². The number of carbonyl (C=O) groups is 2. The van der Waals surface area contributed by atoms with Crippen LogP contribution in [0.5, 0.6) is 0 Å². The Kier molecular flexibility index (Phi) is 6.53. The standard InChI is InChI=1S/C22H13Cl2F7N4O4S/c23-17-14(4-5-15(18(17)24)40(27,28,29,30)31)35-19(16(13(8-32)34-35)22(6-7-22)20(36)37)33-21(38)39-9-10-11(25)2-1-3-12(10)26/h1-5H,6-7,9H2,(H,33,38)(H,36,37). The number of aromatic nitrogens is 2. The molecule has 2 N–H and O–H groups in total. The SMILES string of the molecule is N#Cc1nn(-c2ccc(S(F)(F)(F)(F)F)c(Cl)c2Cl)c(NC(=O)OCc2c(F)cccc2F)c1C1(C(=O)O)CC1. The monoisotopic (exact) mass is 632 g/mol. The van der Waals surface area contributed by atoms with Crippen molar-refractivity contribution in [3.63, 3.8) is 0 Å². The highest BCUT2D eigenvalue weighted by Crippen LogP contribution is 3.02. The number of benzene rings is 2. The predicted octanol–water partition coefficient (Wildman–Crippen LogP) is 7.85. The van der Waals surface area contributed by atoms with Crippen LogP contribution in [0.3, 0.4) is 0 Å². The molecule has 1 aliphatic carbocycles. The molecule has 0 aliphatic heterocycles.